The molecule has 1 aromatic carbocycles. The Morgan fingerprint density at radius 1 is 1.47 bits per heavy atom. The number of carbonyl (C=O) groups is 1. The minimum absolute atomic E-state index is 0.594. The molecule has 0 radical (unpaired) electrons. The highest BCUT2D eigenvalue weighted by Gasteiger charge is 2.38. The van der Waals surface area contributed by atoms with Crippen LogP contribution in [0.4, 0.5) is 13.2 Å². The van der Waals surface area contributed by atoms with Gasteiger partial charge in [-0.2, -0.15) is 18.4 Å². The van der Waals surface area contributed by atoms with Crippen molar-refractivity contribution in [3.8, 4) is 11.8 Å². The molecule has 1 rings (SSSR count). The normalized spacial score (nSPS) is 11.0. The van der Waals surface area contributed by atoms with E-state index in [1.165, 1.54) is 6.07 Å². The van der Waals surface area contributed by atoms with Crippen LogP contribution in [0.2, 0.25) is 0 Å². The zero-order valence-electron chi connectivity index (χ0n) is 8.18. The fourth-order valence-electron chi connectivity index (χ4n) is 1.31. The second-order valence-corrected chi connectivity index (χ2v) is 3.35. The summed E-state index contributed by atoms with van der Waals surface area (Å²) >= 11 is 5.18. The quantitative estimate of drug-likeness (QED) is 0.659. The van der Waals surface area contributed by atoms with E-state index in [4.69, 9.17) is 22.0 Å². The fraction of sp³-hybridized carbons (Fsp3) is 0.200. The summed E-state index contributed by atoms with van der Waals surface area (Å²) in [7, 11) is 0. The molecule has 0 aliphatic carbocycles. The number of Topliss-reactive ketones (excluding diaryl/α,β-unsaturated/α-hetero) is 1. The second kappa shape index (κ2) is 4.63. The van der Waals surface area contributed by atoms with Gasteiger partial charge in [0.1, 0.15) is 5.75 Å². The smallest absolute Gasteiger partial charge is 0.418 e. The molecule has 0 saturated carbocycles. The molecule has 0 aliphatic heterocycles. The van der Waals surface area contributed by atoms with Crippen molar-refractivity contribution in [3.05, 3.63) is 28.8 Å². The van der Waals surface area contributed by atoms with E-state index in [0.29, 0.717) is 12.1 Å². The SMILES string of the molecule is N#Cc1cc(O)cc(C(=O)CCl)c1C(F)(F)F. The van der Waals surface area contributed by atoms with Gasteiger partial charge in [-0.05, 0) is 12.1 Å². The Morgan fingerprint density at radius 2 is 2.06 bits per heavy atom. The van der Waals surface area contributed by atoms with E-state index in [0.717, 1.165) is 0 Å². The molecular formula is C10H5ClF3NO2. The Balaban J connectivity index is 3.63. The monoisotopic (exact) mass is 263 g/mol. The molecule has 0 spiro atoms. The van der Waals surface area contributed by atoms with Crippen LogP contribution < -0.4 is 0 Å². The topological polar surface area (TPSA) is 61.1 Å². The summed E-state index contributed by atoms with van der Waals surface area (Å²) < 4.78 is 38.1. The zero-order chi connectivity index (χ0) is 13.2. The lowest BCUT2D eigenvalue weighted by atomic mass is 9.98. The van der Waals surface area contributed by atoms with Crippen LogP contribution in [-0.2, 0) is 6.18 Å². The van der Waals surface area contributed by atoms with Crippen molar-refractivity contribution in [1.29, 1.82) is 5.26 Å². The second-order valence-electron chi connectivity index (χ2n) is 3.08. The third-order valence-corrected chi connectivity index (χ3v) is 2.19. The van der Waals surface area contributed by atoms with Crippen LogP contribution in [0, 0.1) is 11.3 Å². The predicted octanol–water partition coefficient (Wildman–Crippen LogP) is 2.70. The van der Waals surface area contributed by atoms with Crippen LogP contribution in [-0.4, -0.2) is 16.8 Å². The average Bonchev–Trinajstić information content (AvgIpc) is 2.24. The summed E-state index contributed by atoms with van der Waals surface area (Å²) in [6.45, 7) is 0. The molecule has 0 saturated heterocycles. The molecule has 0 bridgehead atoms. The third kappa shape index (κ3) is 2.68. The Morgan fingerprint density at radius 3 is 2.47 bits per heavy atom. The molecule has 0 aliphatic rings. The van der Waals surface area contributed by atoms with E-state index in [2.05, 4.69) is 0 Å². The van der Waals surface area contributed by atoms with Gasteiger partial charge in [0.15, 0.2) is 5.78 Å². The first-order valence-corrected chi connectivity index (χ1v) is 4.78. The lowest BCUT2D eigenvalue weighted by Crippen LogP contribution is -2.16. The number of carbonyl (C=O) groups excluding carboxylic acids is 1. The average molecular weight is 264 g/mol. The summed E-state index contributed by atoms with van der Waals surface area (Å²) in [5.41, 5.74) is -2.99. The van der Waals surface area contributed by atoms with E-state index in [1.807, 2.05) is 0 Å². The van der Waals surface area contributed by atoms with E-state index in [1.54, 1.807) is 0 Å². The number of ketones is 1. The summed E-state index contributed by atoms with van der Waals surface area (Å²) in [5.74, 6) is -2.27. The Labute approximate surface area is 99.0 Å². The van der Waals surface area contributed by atoms with Crippen molar-refractivity contribution >= 4 is 17.4 Å². The number of halogens is 4. The van der Waals surface area contributed by atoms with Crippen LogP contribution >= 0.6 is 11.6 Å². The number of nitrogens with zero attached hydrogens (tertiary/aromatic N) is 1. The van der Waals surface area contributed by atoms with E-state index in [-0.39, 0.29) is 0 Å². The zero-order valence-corrected chi connectivity index (χ0v) is 8.93. The van der Waals surface area contributed by atoms with Gasteiger partial charge in [-0.25, -0.2) is 0 Å². The summed E-state index contributed by atoms with van der Waals surface area (Å²) in [6, 6.07) is 2.58. The molecule has 7 heteroatoms. The lowest BCUT2D eigenvalue weighted by molar-refractivity contribution is -0.138. The van der Waals surface area contributed by atoms with Gasteiger partial charge in [-0.15, -0.1) is 11.6 Å². The number of phenolic OH excluding ortho intramolecular Hbond substituents is 1. The first kappa shape index (κ1) is 13.3. The summed E-state index contributed by atoms with van der Waals surface area (Å²) in [5, 5.41) is 17.7. The number of nitriles is 1. The Bertz CT molecular complexity index is 505. The van der Waals surface area contributed by atoms with Gasteiger partial charge in [-0.3, -0.25) is 4.79 Å². The van der Waals surface area contributed by atoms with Gasteiger partial charge < -0.3 is 5.11 Å². The van der Waals surface area contributed by atoms with Crippen LogP contribution in [0.15, 0.2) is 12.1 Å². The van der Waals surface area contributed by atoms with Gasteiger partial charge in [0.05, 0.1) is 23.1 Å². The van der Waals surface area contributed by atoms with E-state index >= 15 is 0 Å². The van der Waals surface area contributed by atoms with Crippen LogP contribution in [0.1, 0.15) is 21.5 Å². The van der Waals surface area contributed by atoms with Crippen LogP contribution in [0.25, 0.3) is 0 Å². The number of alkyl halides is 4. The Kier molecular flexibility index (Phi) is 3.63. The highest BCUT2D eigenvalue weighted by Crippen LogP contribution is 2.36. The van der Waals surface area contributed by atoms with Crippen molar-refractivity contribution < 1.29 is 23.1 Å². The van der Waals surface area contributed by atoms with Crippen molar-refractivity contribution in [1.82, 2.24) is 0 Å². The minimum Gasteiger partial charge on any atom is -0.508 e. The molecule has 0 aromatic heterocycles. The van der Waals surface area contributed by atoms with Crippen LogP contribution in [0.3, 0.4) is 0 Å². The number of rotatable bonds is 2. The van der Waals surface area contributed by atoms with Gasteiger partial charge in [0.25, 0.3) is 0 Å². The summed E-state index contributed by atoms with van der Waals surface area (Å²) in [6.07, 6.45) is -4.87. The van der Waals surface area contributed by atoms with Gasteiger partial charge in [0.2, 0.25) is 0 Å². The molecule has 0 unspecified atom stereocenters. The third-order valence-electron chi connectivity index (χ3n) is 1.95. The maximum Gasteiger partial charge on any atom is 0.418 e. The number of aromatic hydroxyl groups is 1. The fourth-order valence-corrected chi connectivity index (χ4v) is 1.46. The molecule has 0 heterocycles. The van der Waals surface area contributed by atoms with E-state index in [9.17, 15) is 18.0 Å². The molecule has 1 aromatic rings. The largest absolute Gasteiger partial charge is 0.508 e. The van der Waals surface area contributed by atoms with Crippen molar-refractivity contribution in [2.45, 2.75) is 6.18 Å². The minimum atomic E-state index is -4.87. The molecule has 1 N–H and O–H groups in total. The number of hydrogen-bond donors (Lipinski definition) is 1. The number of phenols is 1. The highest BCUT2D eigenvalue weighted by molar-refractivity contribution is 6.30. The van der Waals surface area contributed by atoms with Gasteiger partial charge in [-0.1, -0.05) is 0 Å². The van der Waals surface area contributed by atoms with Crippen molar-refractivity contribution in [2.24, 2.45) is 0 Å². The highest BCUT2D eigenvalue weighted by atomic mass is 35.5. The number of hydrogen-bond acceptors (Lipinski definition) is 3. The molecule has 0 atom stereocenters. The number of benzene rings is 1. The molecule has 3 nitrogen and oxygen atoms in total. The Hall–Kier alpha value is -1.74. The van der Waals surface area contributed by atoms with Crippen LogP contribution in [0.5, 0.6) is 5.75 Å². The molecule has 0 amide bonds. The lowest BCUT2D eigenvalue weighted by Gasteiger charge is -2.13. The molecular weight excluding hydrogens is 259 g/mol. The molecule has 17 heavy (non-hydrogen) atoms. The molecule has 90 valence electrons. The van der Waals surface area contributed by atoms with E-state index < -0.39 is 40.3 Å². The first-order chi connectivity index (χ1) is 7.81. The predicted molar refractivity (Wildman–Crippen MR) is 52.9 cm³/mol. The summed E-state index contributed by atoms with van der Waals surface area (Å²) in [4.78, 5) is 11.2. The van der Waals surface area contributed by atoms with Crippen molar-refractivity contribution in [3.63, 3.8) is 0 Å². The van der Waals surface area contributed by atoms with Crippen molar-refractivity contribution in [2.75, 3.05) is 5.88 Å². The molecule has 0 fully saturated rings. The standard InChI is InChI=1S/C10H5ClF3NO2/c11-3-8(17)7-2-6(16)1-5(4-15)9(7)10(12,13)14/h1-2,16H,3H2. The first-order valence-electron chi connectivity index (χ1n) is 4.24. The van der Waals surface area contributed by atoms with Gasteiger partial charge in [0, 0.05) is 5.56 Å². The maximum absolute atomic E-state index is 12.7. The maximum atomic E-state index is 12.7. The van der Waals surface area contributed by atoms with Gasteiger partial charge >= 0.3 is 6.18 Å².